The van der Waals surface area contributed by atoms with E-state index in [1.54, 1.807) is 26.0 Å². The minimum atomic E-state index is -1.95. The van der Waals surface area contributed by atoms with Crippen molar-refractivity contribution in [2.75, 3.05) is 6.61 Å². The molecule has 3 aliphatic heterocycles. The van der Waals surface area contributed by atoms with Gasteiger partial charge < -0.3 is 24.6 Å². The fraction of sp³-hybridized carbons (Fsp3) is 0.385. The molecule has 1 aromatic carbocycles. The molecule has 37 heavy (non-hydrogen) atoms. The summed E-state index contributed by atoms with van der Waals surface area (Å²) in [4.78, 5) is 48.4. The smallest absolute Gasteiger partial charge is 0.343 e. The second-order valence-corrected chi connectivity index (χ2v) is 9.66. The number of hydrogen-bond acceptors (Lipinski definition) is 8. The van der Waals surface area contributed by atoms with E-state index in [-0.39, 0.29) is 43.2 Å². The Morgan fingerprint density at radius 2 is 2.14 bits per heavy atom. The van der Waals surface area contributed by atoms with Crippen LogP contribution in [0.25, 0.3) is 22.3 Å². The number of carbonyl (C=O) groups excluding carboxylic acids is 2. The van der Waals surface area contributed by atoms with Crippen molar-refractivity contribution in [3.8, 4) is 11.4 Å². The van der Waals surface area contributed by atoms with Gasteiger partial charge in [-0.15, -0.1) is 0 Å². The molecule has 3 aromatic rings. The van der Waals surface area contributed by atoms with Crippen LogP contribution in [0.15, 0.2) is 23.0 Å². The predicted molar refractivity (Wildman–Crippen MR) is 129 cm³/mol. The number of nitrogens with one attached hydrogen (secondary N) is 2. The van der Waals surface area contributed by atoms with Gasteiger partial charge in [0.05, 0.1) is 35.6 Å². The number of cyclic esters (lactones) is 1. The van der Waals surface area contributed by atoms with E-state index in [2.05, 4.69) is 10.8 Å². The summed E-state index contributed by atoms with van der Waals surface area (Å²) in [6.07, 6.45) is 0.569. The summed E-state index contributed by atoms with van der Waals surface area (Å²) in [7, 11) is 0. The predicted octanol–water partition coefficient (Wildman–Crippen LogP) is 1.44. The highest BCUT2D eigenvalue weighted by Crippen LogP contribution is 2.40. The molecule has 0 unspecified atom stereocenters. The third-order valence-electron chi connectivity index (χ3n) is 7.58. The largest absolute Gasteiger partial charge is 0.458 e. The summed E-state index contributed by atoms with van der Waals surface area (Å²) in [6, 6.07) is 4.16. The fourth-order valence-corrected chi connectivity index (χ4v) is 5.37. The summed E-state index contributed by atoms with van der Waals surface area (Å²) in [5, 5.41) is 14.7. The highest BCUT2D eigenvalue weighted by molar-refractivity contribution is 5.90. The van der Waals surface area contributed by atoms with Crippen molar-refractivity contribution in [3.05, 3.63) is 62.2 Å². The molecule has 11 heteroatoms. The SMILES string of the molecule is CC[C@@]1(O)C(=O)OCc2c1cc1n(c2=O)Cc2c-1nc1cc(F)c(C)cc1c2CNC(=O)[C@H]1CCON1. The van der Waals surface area contributed by atoms with Gasteiger partial charge in [-0.3, -0.25) is 9.59 Å². The number of aliphatic hydroxyl groups is 1. The van der Waals surface area contributed by atoms with E-state index < -0.39 is 29.0 Å². The number of nitrogens with zero attached hydrogens (tertiary/aromatic N) is 2. The van der Waals surface area contributed by atoms with Gasteiger partial charge in [0.1, 0.15) is 18.5 Å². The quantitative estimate of drug-likeness (QED) is 0.353. The molecule has 3 N–H and O–H groups in total. The first-order chi connectivity index (χ1) is 17.7. The molecule has 10 nitrogen and oxygen atoms in total. The van der Waals surface area contributed by atoms with Gasteiger partial charge in [-0.25, -0.2) is 14.2 Å². The van der Waals surface area contributed by atoms with Crippen molar-refractivity contribution in [1.29, 1.82) is 0 Å². The van der Waals surface area contributed by atoms with E-state index in [1.165, 1.54) is 10.6 Å². The molecule has 1 saturated heterocycles. The molecule has 0 spiro atoms. The first kappa shape index (κ1) is 23.7. The van der Waals surface area contributed by atoms with Crippen LogP contribution in [0.4, 0.5) is 4.39 Å². The van der Waals surface area contributed by atoms with Crippen molar-refractivity contribution in [1.82, 2.24) is 20.3 Å². The Morgan fingerprint density at radius 3 is 2.86 bits per heavy atom. The van der Waals surface area contributed by atoms with Crippen LogP contribution in [0.5, 0.6) is 0 Å². The average Bonchev–Trinajstić information content (AvgIpc) is 3.54. The Hall–Kier alpha value is -3.67. The Morgan fingerprint density at radius 1 is 1.32 bits per heavy atom. The summed E-state index contributed by atoms with van der Waals surface area (Å²) >= 11 is 0. The highest BCUT2D eigenvalue weighted by Gasteiger charge is 2.45. The van der Waals surface area contributed by atoms with Crippen LogP contribution in [0, 0.1) is 12.7 Å². The number of esters is 1. The lowest BCUT2D eigenvalue weighted by Crippen LogP contribution is -2.44. The lowest BCUT2D eigenvalue weighted by molar-refractivity contribution is -0.172. The number of fused-ring (bicyclic) bond motifs is 5. The van der Waals surface area contributed by atoms with Crippen LogP contribution in [0.3, 0.4) is 0 Å². The van der Waals surface area contributed by atoms with Gasteiger partial charge in [0, 0.05) is 29.1 Å². The molecule has 6 rings (SSSR count). The van der Waals surface area contributed by atoms with E-state index in [0.717, 1.165) is 5.56 Å². The topological polar surface area (TPSA) is 132 Å². The van der Waals surface area contributed by atoms with Crippen molar-refractivity contribution < 1.29 is 28.7 Å². The maximum Gasteiger partial charge on any atom is 0.343 e. The summed E-state index contributed by atoms with van der Waals surface area (Å²) in [5.41, 5.74) is 3.86. The van der Waals surface area contributed by atoms with Gasteiger partial charge in [-0.2, -0.15) is 5.48 Å². The number of carbonyl (C=O) groups is 2. The molecule has 0 aliphatic carbocycles. The zero-order valence-electron chi connectivity index (χ0n) is 20.3. The summed E-state index contributed by atoms with van der Waals surface area (Å²) < 4.78 is 21.2. The lowest BCUT2D eigenvalue weighted by atomic mass is 9.86. The van der Waals surface area contributed by atoms with Crippen LogP contribution in [0.1, 0.15) is 47.6 Å². The molecule has 2 aromatic heterocycles. The molecule has 3 aliphatic rings. The van der Waals surface area contributed by atoms with Crippen LogP contribution < -0.4 is 16.4 Å². The van der Waals surface area contributed by atoms with Gasteiger partial charge in [0.2, 0.25) is 5.91 Å². The van der Waals surface area contributed by atoms with Crippen LogP contribution in [-0.2, 0) is 44.5 Å². The number of amides is 1. The van der Waals surface area contributed by atoms with Crippen molar-refractivity contribution in [3.63, 3.8) is 0 Å². The molecule has 0 bridgehead atoms. The van der Waals surface area contributed by atoms with Gasteiger partial charge in [-0.05, 0) is 43.0 Å². The van der Waals surface area contributed by atoms with E-state index in [9.17, 15) is 23.9 Å². The number of aryl methyl sites for hydroxylation is 1. The van der Waals surface area contributed by atoms with E-state index in [4.69, 9.17) is 14.6 Å². The fourth-order valence-electron chi connectivity index (χ4n) is 5.37. The van der Waals surface area contributed by atoms with Gasteiger partial charge in [-0.1, -0.05) is 6.92 Å². The second-order valence-electron chi connectivity index (χ2n) is 9.66. The standard InChI is InChI=1S/C26H25FN4O6/c1-3-26(35)17-7-21-22-15(10-31(21)24(33)16(17)11-36-25(26)34)14(9-28-23(32)19-4-5-37-30-19)13-6-12(2)18(27)8-20(13)29-22/h6-8,19,30,35H,3-5,9-11H2,1-2H3,(H,28,32)/t19-,26+/m1/s1. The second kappa shape index (κ2) is 8.44. The summed E-state index contributed by atoms with van der Waals surface area (Å²) in [6.45, 7) is 3.79. The maximum absolute atomic E-state index is 14.6. The first-order valence-electron chi connectivity index (χ1n) is 12.2. The monoisotopic (exact) mass is 508 g/mol. The average molecular weight is 509 g/mol. The van der Waals surface area contributed by atoms with E-state index >= 15 is 0 Å². The maximum atomic E-state index is 14.6. The van der Waals surface area contributed by atoms with Gasteiger partial charge in [0.25, 0.3) is 5.56 Å². The molecule has 2 atom stereocenters. The van der Waals surface area contributed by atoms with Gasteiger partial charge in [0.15, 0.2) is 5.60 Å². The number of hydrogen-bond donors (Lipinski definition) is 3. The Kier molecular flexibility index (Phi) is 5.41. The van der Waals surface area contributed by atoms with Crippen molar-refractivity contribution >= 4 is 22.8 Å². The Bertz CT molecular complexity index is 1560. The zero-order valence-corrected chi connectivity index (χ0v) is 20.3. The number of rotatable bonds is 4. The zero-order chi connectivity index (χ0) is 26.1. The molecule has 192 valence electrons. The molecule has 0 saturated carbocycles. The minimum absolute atomic E-state index is 0.0282. The van der Waals surface area contributed by atoms with E-state index in [0.29, 0.717) is 46.4 Å². The number of pyridine rings is 2. The van der Waals surface area contributed by atoms with Crippen molar-refractivity contribution in [2.24, 2.45) is 0 Å². The van der Waals surface area contributed by atoms with E-state index in [1.807, 2.05) is 0 Å². The number of ether oxygens (including phenoxy) is 1. The molecule has 1 fully saturated rings. The van der Waals surface area contributed by atoms with Crippen LogP contribution in [-0.4, -0.2) is 39.2 Å². The third-order valence-corrected chi connectivity index (χ3v) is 7.58. The molecular formula is C26H25FN4O6. The summed E-state index contributed by atoms with van der Waals surface area (Å²) in [5.74, 6) is -1.46. The van der Waals surface area contributed by atoms with Crippen molar-refractivity contribution in [2.45, 2.75) is 58.0 Å². The van der Waals surface area contributed by atoms with Crippen LogP contribution >= 0.6 is 0 Å². The number of aromatic nitrogens is 2. The molecule has 1 amide bonds. The third kappa shape index (κ3) is 3.49. The Balaban J connectivity index is 1.53. The first-order valence-corrected chi connectivity index (χ1v) is 12.2. The molecular weight excluding hydrogens is 483 g/mol. The molecule has 0 radical (unpaired) electrons. The minimum Gasteiger partial charge on any atom is -0.458 e. The van der Waals surface area contributed by atoms with Gasteiger partial charge >= 0.3 is 5.97 Å². The van der Waals surface area contributed by atoms with Crippen LogP contribution in [0.2, 0.25) is 0 Å². The lowest BCUT2D eigenvalue weighted by Gasteiger charge is -2.31. The highest BCUT2D eigenvalue weighted by atomic mass is 19.1. The Labute approximate surface area is 210 Å². The number of halogens is 1. The normalized spacial score (nSPS) is 21.9. The number of benzene rings is 1. The number of hydroxylamine groups is 1. The molecule has 5 heterocycles.